The maximum absolute atomic E-state index is 11.8. The van der Waals surface area contributed by atoms with Gasteiger partial charge in [-0.1, -0.05) is 0 Å². The number of hydrogen-bond acceptors (Lipinski definition) is 3. The molecule has 0 aliphatic carbocycles. The Labute approximate surface area is 100 Å². The second kappa shape index (κ2) is 4.30. The molecule has 2 N–H and O–H groups in total. The molecule has 1 amide bonds. The van der Waals surface area contributed by atoms with Gasteiger partial charge in [-0.25, -0.2) is 0 Å². The van der Waals surface area contributed by atoms with Crippen LogP contribution in [0.3, 0.4) is 0 Å². The molecule has 1 atom stereocenters. The predicted molar refractivity (Wildman–Crippen MR) is 66.2 cm³/mol. The summed E-state index contributed by atoms with van der Waals surface area (Å²) in [7, 11) is 1.76. The fourth-order valence-electron chi connectivity index (χ4n) is 2.07. The summed E-state index contributed by atoms with van der Waals surface area (Å²) in [4.78, 5) is 24.9. The summed E-state index contributed by atoms with van der Waals surface area (Å²) >= 11 is 0. The molecule has 0 bridgehead atoms. The van der Waals surface area contributed by atoms with Crippen molar-refractivity contribution in [3.8, 4) is 0 Å². The number of Topliss-reactive ketones (excluding diaryl/α,β-unsaturated/α-hetero) is 1. The van der Waals surface area contributed by atoms with Gasteiger partial charge in [0.1, 0.15) is 0 Å². The zero-order valence-electron chi connectivity index (χ0n) is 10.1. The number of aryl methyl sites for hydroxylation is 1. The lowest BCUT2D eigenvalue weighted by atomic mass is 9.96. The number of benzene rings is 1. The molecular formula is C13H16N2O2. The Kier molecular flexibility index (Phi) is 2.98. The van der Waals surface area contributed by atoms with Gasteiger partial charge in [0.05, 0.1) is 6.04 Å². The van der Waals surface area contributed by atoms with Crippen LogP contribution in [0, 0.1) is 0 Å². The highest BCUT2D eigenvalue weighted by Gasteiger charge is 2.22. The average Bonchev–Trinajstić information content (AvgIpc) is 2.32. The highest BCUT2D eigenvalue weighted by molar-refractivity contribution is 6.01. The van der Waals surface area contributed by atoms with Gasteiger partial charge in [0.25, 0.3) is 0 Å². The molecule has 0 spiro atoms. The SMILES string of the molecule is CC(N)C(=O)c1ccc2c(c1)CCC(=O)N2C. The molecule has 90 valence electrons. The monoisotopic (exact) mass is 232 g/mol. The normalized spacial score (nSPS) is 16.6. The molecule has 0 aromatic heterocycles. The van der Waals surface area contributed by atoms with E-state index >= 15 is 0 Å². The van der Waals surface area contributed by atoms with Crippen LogP contribution in [0.1, 0.15) is 29.3 Å². The molecule has 0 radical (unpaired) electrons. The van der Waals surface area contributed by atoms with Crippen LogP contribution in [0.4, 0.5) is 5.69 Å². The maximum Gasteiger partial charge on any atom is 0.227 e. The minimum absolute atomic E-state index is 0.0626. The zero-order chi connectivity index (χ0) is 12.6. The van der Waals surface area contributed by atoms with E-state index in [1.807, 2.05) is 12.1 Å². The van der Waals surface area contributed by atoms with Crippen molar-refractivity contribution in [1.82, 2.24) is 0 Å². The molecule has 4 nitrogen and oxygen atoms in total. The van der Waals surface area contributed by atoms with Crippen LogP contribution in [0.25, 0.3) is 0 Å². The number of carbonyl (C=O) groups excluding carboxylic acids is 2. The van der Waals surface area contributed by atoms with Crippen molar-refractivity contribution < 1.29 is 9.59 Å². The fraction of sp³-hybridized carbons (Fsp3) is 0.385. The molecule has 2 rings (SSSR count). The summed E-state index contributed by atoms with van der Waals surface area (Å²) in [5.74, 6) is 0.0520. The Morgan fingerprint density at radius 1 is 1.41 bits per heavy atom. The summed E-state index contributed by atoms with van der Waals surface area (Å²) in [5.41, 5.74) is 8.14. The molecule has 1 aromatic rings. The topological polar surface area (TPSA) is 63.4 Å². The lowest BCUT2D eigenvalue weighted by Crippen LogP contribution is -2.32. The van der Waals surface area contributed by atoms with E-state index < -0.39 is 6.04 Å². The first-order valence-electron chi connectivity index (χ1n) is 5.70. The average molecular weight is 232 g/mol. The van der Waals surface area contributed by atoms with Crippen molar-refractivity contribution >= 4 is 17.4 Å². The van der Waals surface area contributed by atoms with Gasteiger partial charge in [-0.2, -0.15) is 0 Å². The number of anilines is 1. The van der Waals surface area contributed by atoms with E-state index in [1.165, 1.54) is 0 Å². The number of fused-ring (bicyclic) bond motifs is 1. The Bertz CT molecular complexity index is 480. The van der Waals surface area contributed by atoms with Crippen molar-refractivity contribution in [2.45, 2.75) is 25.8 Å². The number of amides is 1. The molecule has 1 heterocycles. The maximum atomic E-state index is 11.8. The van der Waals surface area contributed by atoms with E-state index in [0.29, 0.717) is 18.4 Å². The van der Waals surface area contributed by atoms with Crippen molar-refractivity contribution in [2.75, 3.05) is 11.9 Å². The van der Waals surface area contributed by atoms with Gasteiger partial charge in [-0.3, -0.25) is 9.59 Å². The quantitative estimate of drug-likeness (QED) is 0.777. The molecule has 17 heavy (non-hydrogen) atoms. The standard InChI is InChI=1S/C13H16N2O2/c1-8(14)13(17)10-3-5-11-9(7-10)4-6-12(16)15(11)2/h3,5,7-8H,4,6,14H2,1-2H3. The Morgan fingerprint density at radius 2 is 2.12 bits per heavy atom. The van der Waals surface area contributed by atoms with Crippen LogP contribution in [0.15, 0.2) is 18.2 Å². The summed E-state index contributed by atoms with van der Waals surface area (Å²) in [6.07, 6.45) is 1.19. The minimum Gasteiger partial charge on any atom is -0.321 e. The van der Waals surface area contributed by atoms with Gasteiger partial charge in [0.15, 0.2) is 5.78 Å². The number of ketones is 1. The van der Waals surface area contributed by atoms with E-state index in [-0.39, 0.29) is 11.7 Å². The van der Waals surface area contributed by atoms with Crippen LogP contribution >= 0.6 is 0 Å². The largest absolute Gasteiger partial charge is 0.321 e. The van der Waals surface area contributed by atoms with Crippen molar-refractivity contribution in [3.05, 3.63) is 29.3 Å². The van der Waals surface area contributed by atoms with E-state index in [0.717, 1.165) is 11.3 Å². The van der Waals surface area contributed by atoms with Crippen molar-refractivity contribution in [3.63, 3.8) is 0 Å². The number of nitrogens with zero attached hydrogens (tertiary/aromatic N) is 1. The molecular weight excluding hydrogens is 216 g/mol. The van der Waals surface area contributed by atoms with Gasteiger partial charge in [0.2, 0.25) is 5.91 Å². The molecule has 1 aliphatic heterocycles. The summed E-state index contributed by atoms with van der Waals surface area (Å²) in [5, 5.41) is 0. The Balaban J connectivity index is 2.39. The molecule has 0 saturated carbocycles. The first-order valence-corrected chi connectivity index (χ1v) is 5.70. The van der Waals surface area contributed by atoms with Gasteiger partial charge in [-0.15, -0.1) is 0 Å². The third-order valence-electron chi connectivity index (χ3n) is 3.12. The van der Waals surface area contributed by atoms with Crippen molar-refractivity contribution in [2.24, 2.45) is 5.73 Å². The molecule has 0 fully saturated rings. The number of rotatable bonds is 2. The van der Waals surface area contributed by atoms with E-state index in [2.05, 4.69) is 0 Å². The number of nitrogens with two attached hydrogens (primary N) is 1. The number of carbonyl (C=O) groups is 2. The van der Waals surface area contributed by atoms with Crippen LogP contribution in [-0.2, 0) is 11.2 Å². The molecule has 1 aromatic carbocycles. The number of hydrogen-bond donors (Lipinski definition) is 1. The van der Waals surface area contributed by atoms with E-state index in [1.54, 1.807) is 24.9 Å². The summed E-state index contributed by atoms with van der Waals surface area (Å²) in [6, 6.07) is 4.92. The predicted octanol–water partition coefficient (Wildman–Crippen LogP) is 1.13. The highest BCUT2D eigenvalue weighted by atomic mass is 16.2. The summed E-state index contributed by atoms with van der Waals surface area (Å²) < 4.78 is 0. The third-order valence-corrected chi connectivity index (χ3v) is 3.12. The first kappa shape index (κ1) is 11.8. The molecule has 0 saturated heterocycles. The smallest absolute Gasteiger partial charge is 0.227 e. The lowest BCUT2D eigenvalue weighted by molar-refractivity contribution is -0.118. The first-order chi connectivity index (χ1) is 8.00. The fourth-order valence-corrected chi connectivity index (χ4v) is 2.07. The van der Waals surface area contributed by atoms with Gasteiger partial charge in [-0.05, 0) is 37.1 Å². The summed E-state index contributed by atoms with van der Waals surface area (Å²) in [6.45, 7) is 1.68. The minimum atomic E-state index is -0.490. The van der Waals surface area contributed by atoms with Gasteiger partial charge < -0.3 is 10.6 Å². The third kappa shape index (κ3) is 2.08. The second-order valence-electron chi connectivity index (χ2n) is 4.45. The van der Waals surface area contributed by atoms with Crippen LogP contribution in [-0.4, -0.2) is 24.8 Å². The van der Waals surface area contributed by atoms with Crippen molar-refractivity contribution in [1.29, 1.82) is 0 Å². The zero-order valence-corrected chi connectivity index (χ0v) is 10.1. The van der Waals surface area contributed by atoms with Gasteiger partial charge >= 0.3 is 0 Å². The van der Waals surface area contributed by atoms with E-state index in [4.69, 9.17) is 5.73 Å². The van der Waals surface area contributed by atoms with Gasteiger partial charge in [0, 0.05) is 24.7 Å². The second-order valence-corrected chi connectivity index (χ2v) is 4.45. The molecule has 1 unspecified atom stereocenters. The van der Waals surface area contributed by atoms with Crippen LogP contribution in [0.2, 0.25) is 0 Å². The Morgan fingerprint density at radius 3 is 2.76 bits per heavy atom. The van der Waals surface area contributed by atoms with Crippen LogP contribution < -0.4 is 10.6 Å². The van der Waals surface area contributed by atoms with E-state index in [9.17, 15) is 9.59 Å². The highest BCUT2D eigenvalue weighted by Crippen LogP contribution is 2.27. The molecule has 4 heteroatoms. The molecule has 1 aliphatic rings. The van der Waals surface area contributed by atoms with Crippen LogP contribution in [0.5, 0.6) is 0 Å². The lowest BCUT2D eigenvalue weighted by Gasteiger charge is -2.26. The Hall–Kier alpha value is -1.68.